The summed E-state index contributed by atoms with van der Waals surface area (Å²) in [5.41, 5.74) is 4.21. The Labute approximate surface area is 470 Å². The number of nitrogens with zero attached hydrogens (tertiary/aromatic N) is 9. The first kappa shape index (κ1) is 55.9. The Morgan fingerprint density at radius 1 is 0.938 bits per heavy atom. The number of unbranched alkanes of at least 4 members (excludes halogenated alkanes) is 1. The fourth-order valence-corrected chi connectivity index (χ4v) is 14.6. The number of anilines is 4. The predicted octanol–water partition coefficient (Wildman–Crippen LogP) is 7.10. The van der Waals surface area contributed by atoms with Crippen LogP contribution in [0.15, 0.2) is 67.0 Å². The number of hydrogen-bond donors (Lipinski definition) is 5. The van der Waals surface area contributed by atoms with Crippen molar-refractivity contribution in [3.8, 4) is 23.5 Å². The van der Waals surface area contributed by atoms with Crippen molar-refractivity contribution in [3.05, 3.63) is 95.1 Å². The maximum absolute atomic E-state index is 14.5. The molecule has 5 aromatic heterocycles. The van der Waals surface area contributed by atoms with Crippen LogP contribution in [0.4, 0.5) is 22.6 Å². The number of aromatic nitrogens is 7. The van der Waals surface area contributed by atoms with E-state index in [9.17, 15) is 32.7 Å². The Bertz CT molecular complexity index is 3430. The van der Waals surface area contributed by atoms with Crippen LogP contribution in [0.1, 0.15) is 118 Å². The van der Waals surface area contributed by atoms with Crippen LogP contribution >= 0.6 is 11.3 Å². The van der Waals surface area contributed by atoms with E-state index in [1.54, 1.807) is 81.5 Å². The average Bonchev–Trinajstić information content (AvgIpc) is 4.22. The molecule has 5 fully saturated rings. The lowest BCUT2D eigenvalue weighted by atomic mass is 9.49. The minimum absolute atomic E-state index is 0.00812. The lowest BCUT2D eigenvalue weighted by Gasteiger charge is -2.56. The van der Waals surface area contributed by atoms with Crippen LogP contribution in [0.5, 0.6) is 0 Å². The minimum Gasteiger partial charge on any atom is -0.391 e. The molecule has 6 aromatic rings. The molecule has 3 atom stereocenters. The molecule has 6 heterocycles. The van der Waals surface area contributed by atoms with Gasteiger partial charge in [-0.15, -0.1) is 16.6 Å². The number of rotatable bonds is 19. The van der Waals surface area contributed by atoms with E-state index in [-0.39, 0.29) is 49.9 Å². The van der Waals surface area contributed by atoms with Crippen molar-refractivity contribution in [1.82, 2.24) is 55.2 Å². The average molecular weight is 1120 g/mol. The molecule has 4 saturated carbocycles. The van der Waals surface area contributed by atoms with Crippen molar-refractivity contribution in [2.45, 2.75) is 130 Å². The van der Waals surface area contributed by atoms with E-state index in [0.717, 1.165) is 51.5 Å². The summed E-state index contributed by atoms with van der Waals surface area (Å²) >= 11 is 1.39. The fraction of sp³-hybridized carbons (Fsp3) is 0.483. The molecule has 420 valence electrons. The van der Waals surface area contributed by atoms with Crippen LogP contribution in [0, 0.1) is 54.8 Å². The van der Waals surface area contributed by atoms with Crippen molar-refractivity contribution in [2.24, 2.45) is 28.6 Å². The van der Waals surface area contributed by atoms with Gasteiger partial charge >= 0.3 is 0 Å². The molecule has 1 aromatic carbocycles. The van der Waals surface area contributed by atoms with Crippen LogP contribution in [-0.2, 0) is 37.5 Å². The van der Waals surface area contributed by atoms with Crippen molar-refractivity contribution in [3.63, 3.8) is 0 Å². The van der Waals surface area contributed by atoms with Gasteiger partial charge < -0.3 is 30.9 Å². The molecule has 5 aliphatic rings. The molecule has 80 heavy (non-hydrogen) atoms. The number of aryl methyl sites for hydroxylation is 1. The molecule has 0 radical (unpaired) electrons. The maximum atomic E-state index is 14.5. The molecule has 1 saturated heterocycles. The second kappa shape index (κ2) is 22.7. The third-order valence-electron chi connectivity index (χ3n) is 16.4. The second-order valence-corrected chi connectivity index (χ2v) is 26.4. The highest BCUT2D eigenvalue weighted by Gasteiger charge is 2.51. The number of thiazole rings is 1. The van der Waals surface area contributed by atoms with E-state index in [1.807, 2.05) is 36.7 Å². The zero-order valence-electron chi connectivity index (χ0n) is 46.0. The maximum Gasteiger partial charge on any atom is 0.284 e. The summed E-state index contributed by atoms with van der Waals surface area (Å²) in [6.45, 7) is 10.1. The number of hydrogen-bond acceptors (Lipinski definition) is 16. The smallest absolute Gasteiger partial charge is 0.284 e. The molecular formula is C58H69N13O7S2. The van der Waals surface area contributed by atoms with Gasteiger partial charge in [-0.2, -0.15) is 5.10 Å². The van der Waals surface area contributed by atoms with E-state index in [4.69, 9.17) is 16.5 Å². The van der Waals surface area contributed by atoms with Crippen molar-refractivity contribution >= 4 is 77.9 Å². The molecule has 4 bridgehead atoms. The van der Waals surface area contributed by atoms with Gasteiger partial charge in [0.15, 0.2) is 16.8 Å². The number of fused-ring (bicyclic) bond motifs is 1. The number of pyridine rings is 2. The highest BCUT2D eigenvalue weighted by Crippen LogP contribution is 2.60. The number of benzene rings is 1. The Kier molecular flexibility index (Phi) is 15.8. The molecule has 4 amide bonds. The SMILES string of the molecule is C#Cc1ccc(CNC(=O)[C@@H]2C[C@@H](O)CN2C(=O)[C@@H](NC(=O)CCCCS(=O)(=O)NC(=O)c2nc(N(C)c3cc(C)c(Nc4nc5cccnc5s4)nn3)ccc2-c2cnn(CC34CC5CC(CC(C5)C3)C4)c2C)C(C)(C)C)cc1. The fourth-order valence-electron chi connectivity index (χ4n) is 12.7. The molecule has 20 nitrogen and oxygen atoms in total. The largest absolute Gasteiger partial charge is 0.391 e. The van der Waals surface area contributed by atoms with Crippen LogP contribution in [0.25, 0.3) is 21.5 Å². The third kappa shape index (κ3) is 12.3. The topological polar surface area (TPSA) is 260 Å². The van der Waals surface area contributed by atoms with Crippen molar-refractivity contribution in [2.75, 3.05) is 29.6 Å². The lowest BCUT2D eigenvalue weighted by Crippen LogP contribution is -2.57. The van der Waals surface area contributed by atoms with Gasteiger partial charge in [-0.05, 0) is 147 Å². The monoisotopic (exact) mass is 1120 g/mol. The Morgan fingerprint density at radius 3 is 2.34 bits per heavy atom. The molecule has 4 aliphatic carbocycles. The van der Waals surface area contributed by atoms with Gasteiger partial charge in [0.2, 0.25) is 27.7 Å². The van der Waals surface area contributed by atoms with E-state index in [0.29, 0.717) is 39.3 Å². The number of likely N-dealkylation sites (tertiary alicyclic amines) is 1. The zero-order valence-corrected chi connectivity index (χ0v) is 47.7. The van der Waals surface area contributed by atoms with Gasteiger partial charge in [0.05, 0.1) is 18.1 Å². The molecule has 11 rings (SSSR count). The summed E-state index contributed by atoms with van der Waals surface area (Å²) in [6, 6.07) is 14.1. The summed E-state index contributed by atoms with van der Waals surface area (Å²) < 4.78 is 31.9. The summed E-state index contributed by atoms with van der Waals surface area (Å²) in [5, 5.41) is 34.0. The Morgan fingerprint density at radius 2 is 1.66 bits per heavy atom. The summed E-state index contributed by atoms with van der Waals surface area (Å²) in [5.74, 6) is 3.18. The minimum atomic E-state index is -4.28. The van der Waals surface area contributed by atoms with Gasteiger partial charge in [-0.25, -0.2) is 28.1 Å². The van der Waals surface area contributed by atoms with Crippen LogP contribution in [-0.4, -0.2) is 115 Å². The van der Waals surface area contributed by atoms with E-state index < -0.39 is 63.0 Å². The standard InChI is InChI=1S/C58H69N13O7S2/c1-8-36-14-16-37(17-15-36)30-60-52(74)45-26-41(72)32-70(45)55(76)50(57(4,5)6)64-48(73)13-9-10-21-80(77,78)68-53(75)49-42(43-31-61-71(35(43)3)33-58-27-38-23-39(28-58)25-40(24-38)29-58)18-19-46(63-49)69(7)47-22-34(2)51(67-66-47)65-56-62-44-12-11-20-59-54(44)79-56/h1,11-12,14-20,22,31,38-41,45,50,72H,9-10,13,21,23-30,32-33H2,2-7H3,(H,60,74)(H,64,73)(H,68,75)(H,62,65,67)/t38?,39?,40?,41-,45+,50-,58?/m1/s1. The quantitative estimate of drug-likeness (QED) is 0.0400. The van der Waals surface area contributed by atoms with Gasteiger partial charge in [0, 0.05) is 68.1 Å². The molecular weight excluding hydrogens is 1050 g/mol. The molecule has 0 unspecified atom stereocenters. The zero-order chi connectivity index (χ0) is 56.7. The predicted molar refractivity (Wildman–Crippen MR) is 305 cm³/mol. The first-order valence-corrected chi connectivity index (χ1v) is 29.9. The van der Waals surface area contributed by atoms with E-state index in [2.05, 4.69) is 46.8 Å². The number of amides is 4. The van der Waals surface area contributed by atoms with Crippen molar-refractivity contribution in [1.29, 1.82) is 0 Å². The molecule has 5 N–H and O–H groups in total. The molecule has 22 heteroatoms. The van der Waals surface area contributed by atoms with Gasteiger partial charge in [0.1, 0.15) is 33.9 Å². The number of aliphatic hydroxyl groups is 1. The van der Waals surface area contributed by atoms with Gasteiger partial charge in [-0.3, -0.25) is 23.9 Å². The van der Waals surface area contributed by atoms with Crippen molar-refractivity contribution < 1.29 is 32.7 Å². The molecule has 0 spiro atoms. The number of carbonyl (C=O) groups is 4. The molecule has 1 aliphatic heterocycles. The van der Waals surface area contributed by atoms with Crippen LogP contribution < -0.4 is 25.6 Å². The highest BCUT2D eigenvalue weighted by molar-refractivity contribution is 7.90. The first-order valence-electron chi connectivity index (χ1n) is 27.4. The lowest BCUT2D eigenvalue weighted by molar-refractivity contribution is -0.144. The van der Waals surface area contributed by atoms with Gasteiger partial charge in [0.25, 0.3) is 5.91 Å². The number of aliphatic hydroxyl groups excluding tert-OH is 1. The Balaban J connectivity index is 0.808. The number of sulfonamides is 1. The first-order chi connectivity index (χ1) is 38.1. The highest BCUT2D eigenvalue weighted by atomic mass is 32.2. The van der Waals surface area contributed by atoms with Crippen LogP contribution in [0.3, 0.4) is 0 Å². The third-order valence-corrected chi connectivity index (χ3v) is 18.6. The van der Waals surface area contributed by atoms with Crippen LogP contribution in [0.2, 0.25) is 0 Å². The van der Waals surface area contributed by atoms with Gasteiger partial charge in [-0.1, -0.05) is 50.2 Å². The second-order valence-electron chi connectivity index (χ2n) is 23.6. The van der Waals surface area contributed by atoms with E-state index in [1.165, 1.54) is 54.8 Å². The number of carbonyl (C=O) groups excluding carboxylic acids is 4. The number of β-amino-alcohol motifs (C(OH)–C–C–N with tert-alkyl or cyclic N) is 1. The summed E-state index contributed by atoms with van der Waals surface area (Å²) in [6.07, 6.45) is 15.6. The summed E-state index contributed by atoms with van der Waals surface area (Å²) in [4.78, 5) is 73.2. The Hall–Kier alpha value is -7.35. The number of terminal acetylenes is 1. The van der Waals surface area contributed by atoms with E-state index >= 15 is 0 Å². The number of nitrogens with one attached hydrogen (secondary N) is 4. The summed E-state index contributed by atoms with van der Waals surface area (Å²) in [7, 11) is -2.55. The normalized spacial score (nSPS) is 21.7.